The molecule has 192 valence electrons. The van der Waals surface area contributed by atoms with Gasteiger partial charge in [0.25, 0.3) is 5.56 Å². The Balaban J connectivity index is 1.61. The van der Waals surface area contributed by atoms with Gasteiger partial charge in [0.05, 0.1) is 22.7 Å². The van der Waals surface area contributed by atoms with E-state index in [2.05, 4.69) is 5.32 Å². The highest BCUT2D eigenvalue weighted by Gasteiger charge is 2.26. The summed E-state index contributed by atoms with van der Waals surface area (Å²) in [5.74, 6) is -0.0852. The first-order chi connectivity index (χ1) is 18.0. The van der Waals surface area contributed by atoms with Gasteiger partial charge in [-0.2, -0.15) is 0 Å². The van der Waals surface area contributed by atoms with Gasteiger partial charge in [0.15, 0.2) is 14.8 Å². The van der Waals surface area contributed by atoms with Crippen LogP contribution < -0.4 is 10.9 Å². The molecule has 37 heavy (non-hydrogen) atoms. The van der Waals surface area contributed by atoms with Crippen LogP contribution in [0.3, 0.4) is 0 Å². The molecule has 0 spiro atoms. The number of benzene rings is 2. The number of aromatic nitrogens is 3. The molecule has 2 aromatic carbocycles. The quantitative estimate of drug-likeness (QED) is 0.178. The lowest BCUT2D eigenvalue weighted by atomic mass is 10.2. The van der Waals surface area contributed by atoms with Gasteiger partial charge < -0.3 is 10.1 Å². The molecule has 0 unspecified atom stereocenters. The van der Waals surface area contributed by atoms with Crippen LogP contribution in [0.5, 0.6) is 0 Å². The van der Waals surface area contributed by atoms with Crippen molar-refractivity contribution in [1.82, 2.24) is 19.4 Å². The number of hydrogen-bond donors (Lipinski definition) is 1. The van der Waals surface area contributed by atoms with E-state index in [4.69, 9.17) is 21.9 Å². The Morgan fingerprint density at radius 3 is 2.68 bits per heavy atom. The highest BCUT2D eigenvalue weighted by atomic mass is 32.2. The van der Waals surface area contributed by atoms with Gasteiger partial charge in [-0.05, 0) is 62.2 Å². The molecule has 1 saturated heterocycles. The van der Waals surface area contributed by atoms with E-state index in [9.17, 15) is 9.59 Å². The minimum absolute atomic E-state index is 0.0628. The second-order valence-corrected chi connectivity index (χ2v) is 11.7. The van der Waals surface area contributed by atoms with Gasteiger partial charge in [-0.1, -0.05) is 66.4 Å². The molecule has 5 rings (SSSR count). The number of carbonyl (C=O) groups is 1. The van der Waals surface area contributed by atoms with E-state index in [0.717, 1.165) is 30.7 Å². The summed E-state index contributed by atoms with van der Waals surface area (Å²) in [6.07, 6.45) is 2.62. The number of aryl methyl sites for hydroxylation is 1. The minimum Gasteiger partial charge on any atom is -0.376 e. The molecule has 2 aromatic heterocycles. The fraction of sp³-hybridized carbons (Fsp3) is 0.333. The van der Waals surface area contributed by atoms with Crippen LogP contribution in [0.2, 0.25) is 0 Å². The molecule has 1 N–H and O–H groups in total. The maximum atomic E-state index is 13.9. The minimum atomic E-state index is -0.422. The number of carbonyl (C=O) groups excluding carboxylic acids is 1. The topological polar surface area (TPSA) is 78.2 Å². The number of ether oxygens (including phenoxy) is 1. The average Bonchev–Trinajstić information content (AvgIpc) is 3.54. The van der Waals surface area contributed by atoms with Crippen LogP contribution in [0.1, 0.15) is 31.7 Å². The molecule has 7 nitrogen and oxygen atoms in total. The molecule has 1 aliphatic heterocycles. The molecule has 0 bridgehead atoms. The first kappa shape index (κ1) is 25.8. The Hall–Kier alpha value is -2.79. The van der Waals surface area contributed by atoms with Crippen molar-refractivity contribution in [2.45, 2.75) is 49.6 Å². The van der Waals surface area contributed by atoms with E-state index >= 15 is 0 Å². The molecule has 10 heteroatoms. The van der Waals surface area contributed by atoms with E-state index in [1.165, 1.54) is 23.1 Å². The molecule has 1 aliphatic rings. The first-order valence-corrected chi connectivity index (χ1v) is 14.4. The van der Waals surface area contributed by atoms with E-state index in [1.807, 2.05) is 73.0 Å². The lowest BCUT2D eigenvalue weighted by Gasteiger charge is -2.19. The average molecular weight is 553 g/mol. The maximum Gasteiger partial charge on any atom is 0.278 e. The maximum absolute atomic E-state index is 13.9. The van der Waals surface area contributed by atoms with E-state index in [0.29, 0.717) is 38.1 Å². The number of fused-ring (bicyclic) bond motifs is 1. The lowest BCUT2D eigenvalue weighted by Crippen LogP contribution is -2.37. The van der Waals surface area contributed by atoms with Crippen molar-refractivity contribution in [1.29, 1.82) is 0 Å². The summed E-state index contributed by atoms with van der Waals surface area (Å²) in [4.78, 5) is 32.0. The number of para-hydroxylation sites is 2. The second-order valence-electron chi connectivity index (χ2n) is 8.91. The molecule has 0 saturated carbocycles. The largest absolute Gasteiger partial charge is 0.376 e. The summed E-state index contributed by atoms with van der Waals surface area (Å²) >= 11 is 8.27. The van der Waals surface area contributed by atoms with Crippen molar-refractivity contribution in [3.8, 4) is 11.4 Å². The highest BCUT2D eigenvalue weighted by Crippen LogP contribution is 2.31. The SMILES string of the molecule is CC[C@@H](Sc1nc2c(sc(=S)n2-c2ccccc2C)c(=O)n1-c1ccccc1)C(=O)NC[C@H]1CCCO1. The van der Waals surface area contributed by atoms with Crippen molar-refractivity contribution >= 4 is 51.6 Å². The zero-order chi connectivity index (χ0) is 25.9. The molecular formula is C27H28N4O3S3. The summed E-state index contributed by atoms with van der Waals surface area (Å²) in [7, 11) is 0. The Kier molecular flexibility index (Phi) is 7.89. The summed E-state index contributed by atoms with van der Waals surface area (Å²) < 4.78 is 10.1. The van der Waals surface area contributed by atoms with Gasteiger partial charge >= 0.3 is 0 Å². The van der Waals surface area contributed by atoms with Gasteiger partial charge in [0, 0.05) is 13.2 Å². The number of amides is 1. The number of hydrogen-bond acceptors (Lipinski definition) is 7. The summed E-state index contributed by atoms with van der Waals surface area (Å²) in [5.41, 5.74) is 2.93. The summed E-state index contributed by atoms with van der Waals surface area (Å²) in [6.45, 7) is 5.20. The third kappa shape index (κ3) is 5.29. The second kappa shape index (κ2) is 11.3. The van der Waals surface area contributed by atoms with Crippen molar-refractivity contribution in [3.05, 3.63) is 74.5 Å². The van der Waals surface area contributed by atoms with Gasteiger partial charge in [-0.25, -0.2) is 4.98 Å². The predicted octanol–water partition coefficient (Wildman–Crippen LogP) is 5.44. The summed E-state index contributed by atoms with van der Waals surface area (Å²) in [6, 6.07) is 17.3. The van der Waals surface area contributed by atoms with Crippen LogP contribution in [-0.4, -0.2) is 44.5 Å². The lowest BCUT2D eigenvalue weighted by molar-refractivity contribution is -0.121. The van der Waals surface area contributed by atoms with Crippen LogP contribution in [0.15, 0.2) is 64.5 Å². The number of rotatable bonds is 8. The molecular weight excluding hydrogens is 525 g/mol. The highest BCUT2D eigenvalue weighted by molar-refractivity contribution is 8.00. The third-order valence-electron chi connectivity index (χ3n) is 6.39. The van der Waals surface area contributed by atoms with E-state index < -0.39 is 5.25 Å². The van der Waals surface area contributed by atoms with Crippen LogP contribution in [0.25, 0.3) is 21.7 Å². The zero-order valence-electron chi connectivity index (χ0n) is 20.7. The fourth-order valence-electron chi connectivity index (χ4n) is 4.43. The Labute approximate surface area is 228 Å². The Morgan fingerprint density at radius 2 is 1.97 bits per heavy atom. The normalized spacial score (nSPS) is 16.2. The molecule has 1 amide bonds. The molecule has 1 fully saturated rings. The van der Waals surface area contributed by atoms with Crippen LogP contribution in [0.4, 0.5) is 0 Å². The number of nitrogens with zero attached hydrogens (tertiary/aromatic N) is 3. The van der Waals surface area contributed by atoms with Gasteiger partial charge in [0.2, 0.25) is 5.91 Å². The zero-order valence-corrected chi connectivity index (χ0v) is 23.1. The molecule has 0 radical (unpaired) electrons. The monoisotopic (exact) mass is 552 g/mol. The van der Waals surface area contributed by atoms with Crippen molar-refractivity contribution < 1.29 is 9.53 Å². The molecule has 3 heterocycles. The van der Waals surface area contributed by atoms with Crippen LogP contribution >= 0.6 is 35.3 Å². The fourth-order valence-corrected chi connectivity index (χ4v) is 6.77. The van der Waals surface area contributed by atoms with Crippen molar-refractivity contribution in [2.24, 2.45) is 0 Å². The standard InChI is InChI=1S/C27H28N4O3S3/c1-3-21(24(32)28-16-19-13-9-15-34-19)36-26-29-23-22(25(33)30(26)18-11-5-4-6-12-18)37-27(35)31(23)20-14-8-7-10-17(20)2/h4-8,10-12,14,19,21H,3,9,13,15-16H2,1-2H3,(H,28,32)/t19-,21-/m1/s1. The first-order valence-electron chi connectivity index (χ1n) is 12.3. The summed E-state index contributed by atoms with van der Waals surface area (Å²) in [5, 5.41) is 3.07. The number of thiazole rings is 1. The van der Waals surface area contributed by atoms with E-state index in [-0.39, 0.29) is 17.6 Å². The predicted molar refractivity (Wildman–Crippen MR) is 152 cm³/mol. The van der Waals surface area contributed by atoms with Gasteiger partial charge in [-0.3, -0.25) is 18.7 Å². The van der Waals surface area contributed by atoms with Crippen LogP contribution in [-0.2, 0) is 9.53 Å². The van der Waals surface area contributed by atoms with Crippen molar-refractivity contribution in [3.63, 3.8) is 0 Å². The van der Waals surface area contributed by atoms with Crippen molar-refractivity contribution in [2.75, 3.05) is 13.2 Å². The Morgan fingerprint density at radius 1 is 1.22 bits per heavy atom. The number of nitrogens with one attached hydrogen (secondary N) is 1. The van der Waals surface area contributed by atoms with E-state index in [1.54, 1.807) is 4.57 Å². The van der Waals surface area contributed by atoms with Gasteiger partial charge in [0.1, 0.15) is 4.70 Å². The van der Waals surface area contributed by atoms with Gasteiger partial charge in [-0.15, -0.1) is 0 Å². The van der Waals surface area contributed by atoms with Crippen LogP contribution in [0, 0.1) is 10.9 Å². The smallest absolute Gasteiger partial charge is 0.278 e. The number of thioether (sulfide) groups is 1. The molecule has 4 aromatic rings. The third-order valence-corrected chi connectivity index (χ3v) is 9.05. The Bertz CT molecular complexity index is 1540. The molecule has 2 atom stereocenters. The molecule has 0 aliphatic carbocycles.